The highest BCUT2D eigenvalue weighted by molar-refractivity contribution is 7.86. The van der Waals surface area contributed by atoms with Crippen molar-refractivity contribution in [2.24, 2.45) is 5.92 Å². The summed E-state index contributed by atoms with van der Waals surface area (Å²) in [6.07, 6.45) is -1.08. The monoisotopic (exact) mass is 1050 g/mol. The van der Waals surface area contributed by atoms with E-state index >= 15 is 0 Å². The number of benzene rings is 1. The van der Waals surface area contributed by atoms with Crippen LogP contribution in [0.3, 0.4) is 0 Å². The van der Waals surface area contributed by atoms with E-state index in [1.54, 1.807) is 107 Å². The number of nitrogens with zero attached hydrogens (tertiary/aromatic N) is 4. The maximum atomic E-state index is 13.8. The van der Waals surface area contributed by atoms with Gasteiger partial charge in [-0.25, -0.2) is 0 Å². The molecule has 2 atom stereocenters. The van der Waals surface area contributed by atoms with Crippen LogP contribution in [-0.2, 0) is 79.4 Å². The zero-order valence-electron chi connectivity index (χ0n) is 42.6. The van der Waals surface area contributed by atoms with Gasteiger partial charge in [-0.05, 0) is 74.3 Å². The third kappa shape index (κ3) is 30.8. The van der Waals surface area contributed by atoms with E-state index in [9.17, 15) is 59.5 Å². The van der Waals surface area contributed by atoms with Gasteiger partial charge < -0.3 is 29.6 Å². The van der Waals surface area contributed by atoms with Crippen molar-refractivity contribution in [3.63, 3.8) is 0 Å². The minimum atomic E-state index is -4.99. The molecule has 0 aliphatic carbocycles. The van der Waals surface area contributed by atoms with Crippen LogP contribution in [0.5, 0.6) is 0 Å². The van der Waals surface area contributed by atoms with Crippen LogP contribution in [-0.4, -0.2) is 206 Å². The Hall–Kier alpha value is -4.63. The van der Waals surface area contributed by atoms with Crippen LogP contribution in [0.2, 0.25) is 0 Å². The lowest BCUT2D eigenvalue weighted by molar-refractivity contribution is -0.158. The predicted molar refractivity (Wildman–Crippen MR) is 260 cm³/mol. The third-order valence-corrected chi connectivity index (χ3v) is 11.6. The van der Waals surface area contributed by atoms with Crippen molar-refractivity contribution in [3.8, 4) is 0 Å². The number of rotatable bonds is 23. The van der Waals surface area contributed by atoms with E-state index in [-0.39, 0.29) is 98.0 Å². The van der Waals surface area contributed by atoms with Gasteiger partial charge in [0, 0.05) is 71.7 Å². The van der Waals surface area contributed by atoms with Crippen LogP contribution in [0.4, 0.5) is 0 Å². The largest absolute Gasteiger partial charge is 0.461 e. The van der Waals surface area contributed by atoms with Gasteiger partial charge in [0.15, 0.2) is 5.78 Å². The molecular weight excluding hydrogens is 973 g/mol. The van der Waals surface area contributed by atoms with Crippen LogP contribution in [0, 0.1) is 5.92 Å². The number of amides is 2. The average Bonchev–Trinajstić information content (AvgIpc) is 3.19. The maximum absolute atomic E-state index is 13.8. The lowest BCUT2D eigenvalue weighted by atomic mass is 9.99. The second-order valence-electron chi connectivity index (χ2n) is 20.4. The van der Waals surface area contributed by atoms with Gasteiger partial charge in [-0.15, -0.1) is 0 Å². The third-order valence-electron chi connectivity index (χ3n) is 10.0. The first-order chi connectivity index (χ1) is 32.6. The SMILES string of the molecule is CC(C)(C)OC(=O)CN1CCN(CC(=O)N[C@@H](CS(=O)(=O)O)C(=O)C[C@@H](CS(=O)(=O)O)C(=O)NCCCC(=O)OCc2ccccc2)CCN(CC(=O)OC(C)(C)C)CCN(CC(=O)OC(C)(C)C)CC1. The summed E-state index contributed by atoms with van der Waals surface area (Å²) in [6, 6.07) is 6.87. The molecule has 23 nitrogen and oxygen atoms in total. The van der Waals surface area contributed by atoms with E-state index < -0.39 is 115 Å². The van der Waals surface area contributed by atoms with Crippen molar-refractivity contribution in [2.45, 2.75) is 111 Å². The Bertz CT molecular complexity index is 2110. The molecule has 1 fully saturated rings. The number of hydrogen-bond donors (Lipinski definition) is 4. The molecular formula is C46H76N6O17S2. The van der Waals surface area contributed by atoms with E-state index in [0.717, 1.165) is 5.56 Å². The highest BCUT2D eigenvalue weighted by atomic mass is 32.2. The molecule has 4 N–H and O–H groups in total. The first-order valence-corrected chi connectivity index (χ1v) is 26.6. The molecule has 1 aromatic rings. The van der Waals surface area contributed by atoms with Crippen molar-refractivity contribution in [1.82, 2.24) is 30.2 Å². The van der Waals surface area contributed by atoms with E-state index in [1.807, 2.05) is 4.90 Å². The molecule has 2 rings (SSSR count). The van der Waals surface area contributed by atoms with E-state index in [0.29, 0.717) is 0 Å². The molecule has 2 amide bonds. The topological polar surface area (TPSA) is 302 Å². The molecule has 1 aromatic carbocycles. The number of nitrogens with one attached hydrogen (secondary N) is 2. The van der Waals surface area contributed by atoms with E-state index in [2.05, 4.69) is 10.6 Å². The van der Waals surface area contributed by atoms with Crippen LogP contribution < -0.4 is 10.6 Å². The minimum absolute atomic E-state index is 0.0195. The molecule has 0 aromatic heterocycles. The number of ether oxygens (including phenoxy) is 4. The Kier molecular flexibility index (Phi) is 25.1. The molecule has 71 heavy (non-hydrogen) atoms. The number of carbonyl (C=O) groups excluding carboxylic acids is 7. The summed E-state index contributed by atoms with van der Waals surface area (Å²) in [4.78, 5) is 99.2. The fourth-order valence-electron chi connectivity index (χ4n) is 7.01. The number of carbonyl (C=O) groups is 7. The van der Waals surface area contributed by atoms with Gasteiger partial charge in [-0.3, -0.25) is 62.3 Å². The van der Waals surface area contributed by atoms with Gasteiger partial charge in [0.25, 0.3) is 20.2 Å². The Labute approximate surface area is 418 Å². The van der Waals surface area contributed by atoms with Crippen molar-refractivity contribution in [1.29, 1.82) is 0 Å². The molecule has 0 unspecified atom stereocenters. The van der Waals surface area contributed by atoms with Crippen LogP contribution in [0.1, 0.15) is 87.1 Å². The maximum Gasteiger partial charge on any atom is 0.320 e. The second-order valence-corrected chi connectivity index (χ2v) is 23.4. The molecule has 1 saturated heterocycles. The number of ketones is 1. The zero-order chi connectivity index (χ0) is 53.8. The first kappa shape index (κ1) is 62.5. The number of hydrogen-bond acceptors (Lipinski definition) is 19. The van der Waals surface area contributed by atoms with Gasteiger partial charge in [0.1, 0.15) is 35.2 Å². The Balaban J connectivity index is 2.34. The van der Waals surface area contributed by atoms with Crippen molar-refractivity contribution >= 4 is 61.7 Å². The fraction of sp³-hybridized carbons (Fsp3) is 0.717. The molecule has 1 heterocycles. The predicted octanol–water partition coefficient (Wildman–Crippen LogP) is 0.709. The Morgan fingerprint density at radius 1 is 0.592 bits per heavy atom. The lowest BCUT2D eigenvalue weighted by Gasteiger charge is -2.34. The van der Waals surface area contributed by atoms with Gasteiger partial charge >= 0.3 is 23.9 Å². The average molecular weight is 1050 g/mol. The quantitative estimate of drug-likeness (QED) is 0.0508. The summed E-state index contributed by atoms with van der Waals surface area (Å²) < 4.78 is 89.7. The summed E-state index contributed by atoms with van der Waals surface area (Å²) in [7, 11) is -9.90. The molecule has 0 radical (unpaired) electrons. The normalized spacial score (nSPS) is 16.5. The first-order valence-electron chi connectivity index (χ1n) is 23.4. The standard InChI is InChI=1S/C46H76N6O17S2/c1-44(2,3)67-40(56)28-50-20-18-49(19-21-51(29-41(57)68-45(4,5)6)23-25-52(24-22-50)30-42(58)69-46(7,8)9)27-38(54)48-36(33-71(63,64)65)37(53)26-35(32-70(60,61)62)43(59)47-17-13-16-39(55)66-31-34-14-11-10-12-15-34/h10-12,14-15,35-36H,13,16-33H2,1-9H3,(H,47,59)(H,48,54)(H,60,61,62)(H,63,64,65)/t35-,36-/m0/s1. The minimum Gasteiger partial charge on any atom is -0.461 e. The van der Waals surface area contributed by atoms with E-state index in [4.69, 9.17) is 18.9 Å². The summed E-state index contributed by atoms with van der Waals surface area (Å²) in [5.41, 5.74) is -1.61. The summed E-state index contributed by atoms with van der Waals surface area (Å²) in [6.45, 7) is 15.9. The number of Topliss-reactive ketones (excluding diaryl/α,β-unsaturated/α-hetero) is 1. The van der Waals surface area contributed by atoms with Gasteiger partial charge in [0.2, 0.25) is 11.8 Å². The summed E-state index contributed by atoms with van der Waals surface area (Å²) >= 11 is 0. The van der Waals surface area contributed by atoms with Crippen LogP contribution in [0.15, 0.2) is 30.3 Å². The Morgan fingerprint density at radius 2 is 0.986 bits per heavy atom. The molecule has 1 aliphatic heterocycles. The lowest BCUT2D eigenvalue weighted by Crippen LogP contribution is -2.52. The molecule has 404 valence electrons. The molecule has 0 spiro atoms. The Morgan fingerprint density at radius 3 is 1.37 bits per heavy atom. The molecule has 25 heteroatoms. The van der Waals surface area contributed by atoms with Crippen molar-refractivity contribution < 1.29 is 78.5 Å². The fourth-order valence-corrected chi connectivity index (χ4v) is 8.48. The van der Waals surface area contributed by atoms with Crippen molar-refractivity contribution in [3.05, 3.63) is 35.9 Å². The smallest absolute Gasteiger partial charge is 0.320 e. The van der Waals surface area contributed by atoms with Crippen LogP contribution >= 0.6 is 0 Å². The van der Waals surface area contributed by atoms with Gasteiger partial charge in [-0.2, -0.15) is 16.8 Å². The number of esters is 4. The van der Waals surface area contributed by atoms with Crippen LogP contribution in [0.25, 0.3) is 0 Å². The van der Waals surface area contributed by atoms with Gasteiger partial charge in [-0.1, -0.05) is 30.3 Å². The molecule has 0 saturated carbocycles. The highest BCUT2D eigenvalue weighted by Gasteiger charge is 2.34. The second kappa shape index (κ2) is 28.6. The highest BCUT2D eigenvalue weighted by Crippen LogP contribution is 2.14. The summed E-state index contributed by atoms with van der Waals surface area (Å²) in [5.74, 6) is -9.66. The van der Waals surface area contributed by atoms with Gasteiger partial charge in [0.05, 0.1) is 37.8 Å². The van der Waals surface area contributed by atoms with Crippen molar-refractivity contribution in [2.75, 3.05) is 96.6 Å². The molecule has 1 aliphatic rings. The summed E-state index contributed by atoms with van der Waals surface area (Å²) in [5, 5.41) is 4.69. The molecule has 0 bridgehead atoms. The van der Waals surface area contributed by atoms with E-state index in [1.165, 1.54) is 0 Å². The zero-order valence-corrected chi connectivity index (χ0v) is 44.2.